The standard InChI is InChI=1S/C24H25Cl2N5O/c1-32-17-3-4-18-19(13-27-22(18)12-17)24-28-23(29-30-24)14-31-8-6-15(7-9-31)10-16-2-5-20(25)21(26)11-16/h2-5,11-13,15,27H,6-10,14H2,1H3,(H,28,29,30). The van der Waals surface area contributed by atoms with Crippen molar-refractivity contribution in [1.82, 2.24) is 25.1 Å². The van der Waals surface area contributed by atoms with Gasteiger partial charge in [0.1, 0.15) is 11.6 Å². The van der Waals surface area contributed by atoms with E-state index in [1.807, 2.05) is 36.5 Å². The summed E-state index contributed by atoms with van der Waals surface area (Å²) in [5.41, 5.74) is 3.29. The number of aromatic amines is 2. The summed E-state index contributed by atoms with van der Waals surface area (Å²) in [4.78, 5) is 9.13. The van der Waals surface area contributed by atoms with E-state index in [0.717, 1.165) is 72.8 Å². The molecule has 1 fully saturated rings. The Hall–Kier alpha value is -2.54. The second kappa shape index (κ2) is 9.14. The van der Waals surface area contributed by atoms with Crippen LogP contribution in [0.2, 0.25) is 10.0 Å². The number of fused-ring (bicyclic) bond motifs is 1. The highest BCUT2D eigenvalue weighted by Crippen LogP contribution is 2.30. The van der Waals surface area contributed by atoms with E-state index < -0.39 is 0 Å². The molecule has 6 nitrogen and oxygen atoms in total. The first kappa shape index (κ1) is 21.3. The van der Waals surface area contributed by atoms with E-state index in [1.54, 1.807) is 7.11 Å². The molecule has 4 aromatic rings. The molecule has 0 amide bonds. The fraction of sp³-hybridized carbons (Fsp3) is 0.333. The van der Waals surface area contributed by atoms with Crippen LogP contribution in [0.15, 0.2) is 42.6 Å². The van der Waals surface area contributed by atoms with Gasteiger partial charge in [-0.05, 0) is 68.1 Å². The highest BCUT2D eigenvalue weighted by molar-refractivity contribution is 6.42. The number of H-pyrrole nitrogens is 2. The number of piperidine rings is 1. The lowest BCUT2D eigenvalue weighted by Gasteiger charge is -2.31. The first-order valence-corrected chi connectivity index (χ1v) is 11.6. The Labute approximate surface area is 196 Å². The average molecular weight is 470 g/mol. The van der Waals surface area contributed by atoms with Crippen LogP contribution in [-0.4, -0.2) is 45.3 Å². The molecule has 1 aliphatic rings. The first-order valence-electron chi connectivity index (χ1n) is 10.8. The molecule has 0 unspecified atom stereocenters. The van der Waals surface area contributed by atoms with E-state index >= 15 is 0 Å². The normalized spacial score (nSPS) is 15.5. The fourth-order valence-electron chi connectivity index (χ4n) is 4.48. The number of methoxy groups -OCH3 is 1. The number of likely N-dealkylation sites (tertiary alicyclic amines) is 1. The van der Waals surface area contributed by atoms with Gasteiger partial charge in [0.15, 0.2) is 5.82 Å². The predicted octanol–water partition coefficient (Wildman–Crippen LogP) is 5.72. The number of hydrogen-bond acceptors (Lipinski definition) is 4. The van der Waals surface area contributed by atoms with Gasteiger partial charge >= 0.3 is 0 Å². The Kier molecular flexibility index (Phi) is 6.09. The molecule has 166 valence electrons. The summed E-state index contributed by atoms with van der Waals surface area (Å²) in [5.74, 6) is 3.17. The van der Waals surface area contributed by atoms with Crippen LogP contribution < -0.4 is 4.74 Å². The Morgan fingerprint density at radius 1 is 1.06 bits per heavy atom. The second-order valence-corrected chi connectivity index (χ2v) is 9.22. The molecule has 0 spiro atoms. The van der Waals surface area contributed by atoms with Crippen LogP contribution in [0.4, 0.5) is 0 Å². The molecule has 0 atom stereocenters. The number of nitrogens with zero attached hydrogens (tertiary/aromatic N) is 3. The van der Waals surface area contributed by atoms with Crippen molar-refractivity contribution in [2.45, 2.75) is 25.8 Å². The minimum Gasteiger partial charge on any atom is -0.497 e. The van der Waals surface area contributed by atoms with Crippen LogP contribution in [0.1, 0.15) is 24.2 Å². The smallest absolute Gasteiger partial charge is 0.163 e. The van der Waals surface area contributed by atoms with Crippen molar-refractivity contribution >= 4 is 34.1 Å². The molecular formula is C24H25Cl2N5O. The van der Waals surface area contributed by atoms with Crippen LogP contribution in [-0.2, 0) is 13.0 Å². The third kappa shape index (κ3) is 4.49. The summed E-state index contributed by atoms with van der Waals surface area (Å²) in [6.07, 6.45) is 5.32. The summed E-state index contributed by atoms with van der Waals surface area (Å²) in [5, 5.41) is 11.1. The Morgan fingerprint density at radius 2 is 1.91 bits per heavy atom. The SMILES string of the molecule is COc1ccc2c(-c3nnc(CN4CCC(Cc5ccc(Cl)c(Cl)c5)CC4)[nH]3)c[nH]c2c1. The highest BCUT2D eigenvalue weighted by atomic mass is 35.5. The lowest BCUT2D eigenvalue weighted by atomic mass is 9.90. The van der Waals surface area contributed by atoms with Crippen molar-refractivity contribution in [3.63, 3.8) is 0 Å². The molecule has 5 rings (SSSR count). The quantitative estimate of drug-likeness (QED) is 0.378. The molecule has 32 heavy (non-hydrogen) atoms. The van der Waals surface area contributed by atoms with Gasteiger partial charge in [-0.25, -0.2) is 0 Å². The number of benzene rings is 2. The summed E-state index contributed by atoms with van der Waals surface area (Å²) >= 11 is 12.2. The zero-order chi connectivity index (χ0) is 22.1. The zero-order valence-corrected chi connectivity index (χ0v) is 19.4. The molecule has 3 heterocycles. The molecule has 1 saturated heterocycles. The largest absolute Gasteiger partial charge is 0.497 e. The number of rotatable bonds is 6. The van der Waals surface area contributed by atoms with E-state index in [-0.39, 0.29) is 0 Å². The van der Waals surface area contributed by atoms with E-state index in [4.69, 9.17) is 27.9 Å². The highest BCUT2D eigenvalue weighted by Gasteiger charge is 2.21. The van der Waals surface area contributed by atoms with Crippen molar-refractivity contribution < 1.29 is 4.74 Å². The number of aromatic nitrogens is 4. The van der Waals surface area contributed by atoms with Crippen LogP contribution in [0, 0.1) is 5.92 Å². The molecule has 1 aliphatic heterocycles. The first-order chi connectivity index (χ1) is 15.6. The van der Waals surface area contributed by atoms with Gasteiger partial charge in [0, 0.05) is 28.7 Å². The minimum absolute atomic E-state index is 0.615. The van der Waals surface area contributed by atoms with Crippen molar-refractivity contribution in [2.75, 3.05) is 20.2 Å². The topological polar surface area (TPSA) is 69.8 Å². The molecular weight excluding hydrogens is 445 g/mol. The number of nitrogens with one attached hydrogen (secondary N) is 2. The average Bonchev–Trinajstić information content (AvgIpc) is 3.44. The van der Waals surface area contributed by atoms with E-state index in [9.17, 15) is 0 Å². The van der Waals surface area contributed by atoms with Gasteiger partial charge in [-0.2, -0.15) is 0 Å². The van der Waals surface area contributed by atoms with Gasteiger partial charge in [0.25, 0.3) is 0 Å². The van der Waals surface area contributed by atoms with E-state index in [2.05, 4.69) is 31.1 Å². The fourth-order valence-corrected chi connectivity index (χ4v) is 4.80. The molecule has 0 radical (unpaired) electrons. The molecule has 8 heteroatoms. The predicted molar refractivity (Wildman–Crippen MR) is 128 cm³/mol. The van der Waals surface area contributed by atoms with Crippen molar-refractivity contribution in [2.24, 2.45) is 5.92 Å². The van der Waals surface area contributed by atoms with Gasteiger partial charge < -0.3 is 14.7 Å². The van der Waals surface area contributed by atoms with Gasteiger partial charge in [0.2, 0.25) is 0 Å². The van der Waals surface area contributed by atoms with Crippen molar-refractivity contribution in [3.05, 3.63) is 64.0 Å². The van der Waals surface area contributed by atoms with Crippen LogP contribution in [0.25, 0.3) is 22.3 Å². The van der Waals surface area contributed by atoms with Crippen LogP contribution in [0.5, 0.6) is 5.75 Å². The zero-order valence-electron chi connectivity index (χ0n) is 17.9. The minimum atomic E-state index is 0.615. The lowest BCUT2D eigenvalue weighted by molar-refractivity contribution is 0.173. The Balaban J connectivity index is 1.19. The molecule has 2 aromatic carbocycles. The number of ether oxygens (including phenoxy) is 1. The molecule has 0 bridgehead atoms. The molecule has 2 N–H and O–H groups in total. The van der Waals surface area contributed by atoms with Gasteiger partial charge in [-0.15, -0.1) is 10.2 Å². The van der Waals surface area contributed by atoms with Gasteiger partial charge in [-0.1, -0.05) is 29.3 Å². The van der Waals surface area contributed by atoms with Gasteiger partial charge in [0.05, 0.1) is 23.7 Å². The summed E-state index contributed by atoms with van der Waals surface area (Å²) < 4.78 is 5.30. The summed E-state index contributed by atoms with van der Waals surface area (Å²) in [7, 11) is 1.67. The van der Waals surface area contributed by atoms with Crippen molar-refractivity contribution in [1.29, 1.82) is 0 Å². The van der Waals surface area contributed by atoms with Crippen molar-refractivity contribution in [3.8, 4) is 17.1 Å². The summed E-state index contributed by atoms with van der Waals surface area (Å²) in [6.45, 7) is 2.88. The molecule has 0 aliphatic carbocycles. The van der Waals surface area contributed by atoms with Crippen LogP contribution >= 0.6 is 23.2 Å². The second-order valence-electron chi connectivity index (χ2n) is 8.41. The van der Waals surface area contributed by atoms with E-state index in [0.29, 0.717) is 16.0 Å². The lowest BCUT2D eigenvalue weighted by Crippen LogP contribution is -2.34. The molecule has 0 saturated carbocycles. The maximum Gasteiger partial charge on any atom is 0.163 e. The number of hydrogen-bond donors (Lipinski definition) is 2. The third-order valence-corrected chi connectivity index (χ3v) is 7.01. The van der Waals surface area contributed by atoms with E-state index in [1.165, 1.54) is 5.56 Å². The van der Waals surface area contributed by atoms with Gasteiger partial charge in [-0.3, -0.25) is 4.90 Å². The Bertz CT molecular complexity index is 1230. The Morgan fingerprint density at radius 3 is 2.69 bits per heavy atom. The van der Waals surface area contributed by atoms with Crippen LogP contribution in [0.3, 0.4) is 0 Å². The maximum atomic E-state index is 6.17. The maximum absolute atomic E-state index is 6.17. The number of halogens is 2. The monoisotopic (exact) mass is 469 g/mol. The molecule has 2 aromatic heterocycles. The third-order valence-electron chi connectivity index (χ3n) is 6.27. The summed E-state index contributed by atoms with van der Waals surface area (Å²) in [6, 6.07) is 11.9.